The Kier molecular flexibility index (Phi) is 6.80. The van der Waals surface area contributed by atoms with Crippen LogP contribution < -0.4 is 0 Å². The van der Waals surface area contributed by atoms with Gasteiger partial charge in [0.1, 0.15) is 0 Å². The third-order valence-corrected chi connectivity index (χ3v) is 9.07. The van der Waals surface area contributed by atoms with Gasteiger partial charge in [0.15, 0.2) is 17.5 Å². The Balaban J connectivity index is 1.12. The predicted molar refractivity (Wildman–Crippen MR) is 200 cm³/mol. The molecule has 0 amide bonds. The number of nitrogens with zero attached hydrogens (tertiary/aromatic N) is 3. The molecule has 0 saturated carbocycles. The van der Waals surface area contributed by atoms with Crippen LogP contribution in [0.1, 0.15) is 0 Å². The first-order valence-electron chi connectivity index (χ1n) is 16.2. The van der Waals surface area contributed by atoms with E-state index in [9.17, 15) is 0 Å². The number of fused-ring (bicyclic) bond motifs is 3. The Bertz CT molecular complexity index is 2620. The van der Waals surface area contributed by atoms with E-state index in [1.807, 2.05) is 30.3 Å². The van der Waals surface area contributed by atoms with Gasteiger partial charge in [0, 0.05) is 16.7 Å². The zero-order chi connectivity index (χ0) is 31.9. The van der Waals surface area contributed by atoms with Crippen molar-refractivity contribution in [2.24, 2.45) is 0 Å². The van der Waals surface area contributed by atoms with Crippen LogP contribution in [0.2, 0.25) is 0 Å². The SMILES string of the molecule is c1ccc(-c2nc(-c3ccc4ccccc4c3)nc(-c3ccc4cc(-c5ccccc5-c5ccc6ccccc6c5)ccc4c3)n2)cc1. The molecule has 0 spiro atoms. The second-order valence-corrected chi connectivity index (χ2v) is 12.1. The van der Waals surface area contributed by atoms with E-state index in [0.29, 0.717) is 17.5 Å². The first-order valence-corrected chi connectivity index (χ1v) is 16.2. The van der Waals surface area contributed by atoms with E-state index in [2.05, 4.69) is 146 Å². The molecule has 48 heavy (non-hydrogen) atoms. The molecule has 0 atom stereocenters. The first kappa shape index (κ1) is 27.8. The molecular formula is C45H29N3. The zero-order valence-corrected chi connectivity index (χ0v) is 26.1. The first-order chi connectivity index (χ1) is 23.7. The van der Waals surface area contributed by atoms with Crippen molar-refractivity contribution in [3.8, 4) is 56.4 Å². The van der Waals surface area contributed by atoms with Gasteiger partial charge in [-0.3, -0.25) is 0 Å². The van der Waals surface area contributed by atoms with Crippen LogP contribution in [0, 0.1) is 0 Å². The number of hydrogen-bond acceptors (Lipinski definition) is 3. The molecule has 0 radical (unpaired) electrons. The molecular weight excluding hydrogens is 583 g/mol. The van der Waals surface area contributed by atoms with Gasteiger partial charge in [-0.2, -0.15) is 0 Å². The largest absolute Gasteiger partial charge is 0.208 e. The van der Waals surface area contributed by atoms with Crippen molar-refractivity contribution in [1.29, 1.82) is 0 Å². The predicted octanol–water partition coefficient (Wildman–Crippen LogP) is 11.7. The average Bonchev–Trinajstić information content (AvgIpc) is 3.17. The third-order valence-electron chi connectivity index (χ3n) is 9.07. The Labute approximate surface area is 278 Å². The zero-order valence-electron chi connectivity index (χ0n) is 26.1. The van der Waals surface area contributed by atoms with Crippen LogP contribution >= 0.6 is 0 Å². The van der Waals surface area contributed by atoms with Crippen molar-refractivity contribution in [2.45, 2.75) is 0 Å². The lowest BCUT2D eigenvalue weighted by Gasteiger charge is -2.13. The minimum Gasteiger partial charge on any atom is -0.208 e. The van der Waals surface area contributed by atoms with Crippen molar-refractivity contribution in [3.63, 3.8) is 0 Å². The average molecular weight is 612 g/mol. The quantitative estimate of drug-likeness (QED) is 0.194. The van der Waals surface area contributed by atoms with Crippen LogP contribution in [-0.2, 0) is 0 Å². The summed E-state index contributed by atoms with van der Waals surface area (Å²) in [5, 5.41) is 7.13. The fourth-order valence-electron chi connectivity index (χ4n) is 6.57. The molecule has 3 nitrogen and oxygen atoms in total. The van der Waals surface area contributed by atoms with Crippen LogP contribution in [0.3, 0.4) is 0 Å². The summed E-state index contributed by atoms with van der Waals surface area (Å²) >= 11 is 0. The summed E-state index contributed by atoms with van der Waals surface area (Å²) in [6.45, 7) is 0. The minimum absolute atomic E-state index is 0.652. The number of rotatable bonds is 5. The maximum atomic E-state index is 5.02. The molecule has 224 valence electrons. The molecule has 8 aromatic carbocycles. The lowest BCUT2D eigenvalue weighted by molar-refractivity contribution is 1.08. The molecule has 0 aliphatic carbocycles. The highest BCUT2D eigenvalue weighted by atomic mass is 15.0. The van der Waals surface area contributed by atoms with Crippen LogP contribution in [-0.4, -0.2) is 15.0 Å². The monoisotopic (exact) mass is 611 g/mol. The van der Waals surface area contributed by atoms with E-state index in [0.717, 1.165) is 32.8 Å². The van der Waals surface area contributed by atoms with Crippen molar-refractivity contribution < 1.29 is 0 Å². The minimum atomic E-state index is 0.652. The van der Waals surface area contributed by atoms with Crippen molar-refractivity contribution in [1.82, 2.24) is 15.0 Å². The van der Waals surface area contributed by atoms with Gasteiger partial charge in [-0.1, -0.05) is 152 Å². The van der Waals surface area contributed by atoms with Gasteiger partial charge < -0.3 is 0 Å². The maximum absolute atomic E-state index is 5.02. The second-order valence-electron chi connectivity index (χ2n) is 12.1. The third kappa shape index (κ3) is 5.18. The fraction of sp³-hybridized carbons (Fsp3) is 0. The van der Waals surface area contributed by atoms with E-state index in [1.54, 1.807) is 0 Å². The summed E-state index contributed by atoms with van der Waals surface area (Å²) < 4.78 is 0. The summed E-state index contributed by atoms with van der Waals surface area (Å²) in [4.78, 5) is 14.9. The van der Waals surface area contributed by atoms with Crippen molar-refractivity contribution >= 4 is 32.3 Å². The van der Waals surface area contributed by atoms with Crippen molar-refractivity contribution in [2.75, 3.05) is 0 Å². The van der Waals surface area contributed by atoms with Crippen LogP contribution in [0.15, 0.2) is 176 Å². The Morgan fingerprint density at radius 1 is 0.229 bits per heavy atom. The summed E-state index contributed by atoms with van der Waals surface area (Å²) in [6, 6.07) is 61.9. The molecule has 0 N–H and O–H groups in total. The number of benzene rings is 8. The van der Waals surface area contributed by atoms with Crippen LogP contribution in [0.5, 0.6) is 0 Å². The topological polar surface area (TPSA) is 38.7 Å². The molecule has 1 aromatic heterocycles. The van der Waals surface area contributed by atoms with E-state index < -0.39 is 0 Å². The van der Waals surface area contributed by atoms with Crippen LogP contribution in [0.4, 0.5) is 0 Å². The van der Waals surface area contributed by atoms with Gasteiger partial charge in [0.05, 0.1) is 0 Å². The van der Waals surface area contributed by atoms with Gasteiger partial charge in [-0.05, 0) is 78.8 Å². The summed E-state index contributed by atoms with van der Waals surface area (Å²) in [5.74, 6) is 1.97. The van der Waals surface area contributed by atoms with Crippen molar-refractivity contribution in [3.05, 3.63) is 176 Å². The number of aromatic nitrogens is 3. The summed E-state index contributed by atoms with van der Waals surface area (Å²) in [7, 11) is 0. The highest BCUT2D eigenvalue weighted by Crippen LogP contribution is 2.36. The molecule has 0 fully saturated rings. The van der Waals surface area contributed by atoms with E-state index >= 15 is 0 Å². The van der Waals surface area contributed by atoms with Gasteiger partial charge >= 0.3 is 0 Å². The number of hydrogen-bond donors (Lipinski definition) is 0. The second kappa shape index (κ2) is 11.7. The standard InChI is InChI=1S/C45H29N3/c1-2-12-32(13-3-1)43-46-44(39-24-19-31-11-5-7-15-34(31)28-39)48-45(47-43)40-25-21-35-27-38(23-20-36(35)29-40)42-17-9-8-16-41(42)37-22-18-30-10-4-6-14-33(30)26-37/h1-29H. The Hall–Kier alpha value is -6.45. The normalized spacial score (nSPS) is 11.3. The molecule has 3 heteroatoms. The highest BCUT2D eigenvalue weighted by Gasteiger charge is 2.14. The van der Waals surface area contributed by atoms with Crippen LogP contribution in [0.25, 0.3) is 88.7 Å². The van der Waals surface area contributed by atoms with Gasteiger partial charge in [-0.15, -0.1) is 0 Å². The molecule has 1 heterocycles. The molecule has 0 bridgehead atoms. The highest BCUT2D eigenvalue weighted by molar-refractivity contribution is 5.95. The van der Waals surface area contributed by atoms with E-state index in [1.165, 1.54) is 38.4 Å². The molecule has 0 aliphatic rings. The Morgan fingerprint density at radius 3 is 1.06 bits per heavy atom. The maximum Gasteiger partial charge on any atom is 0.164 e. The molecule has 0 unspecified atom stereocenters. The molecule has 0 saturated heterocycles. The lowest BCUT2D eigenvalue weighted by atomic mass is 9.92. The van der Waals surface area contributed by atoms with E-state index in [4.69, 9.17) is 15.0 Å². The summed E-state index contributed by atoms with van der Waals surface area (Å²) in [5.41, 5.74) is 7.70. The molecule has 9 aromatic rings. The van der Waals surface area contributed by atoms with Gasteiger partial charge in [0.25, 0.3) is 0 Å². The van der Waals surface area contributed by atoms with E-state index in [-0.39, 0.29) is 0 Å². The van der Waals surface area contributed by atoms with Gasteiger partial charge in [0.2, 0.25) is 0 Å². The summed E-state index contributed by atoms with van der Waals surface area (Å²) in [6.07, 6.45) is 0. The Morgan fingerprint density at radius 2 is 0.562 bits per heavy atom. The van der Waals surface area contributed by atoms with Gasteiger partial charge in [-0.25, -0.2) is 15.0 Å². The fourth-order valence-corrected chi connectivity index (χ4v) is 6.57. The molecule has 9 rings (SSSR count). The smallest absolute Gasteiger partial charge is 0.164 e. The molecule has 0 aliphatic heterocycles. The lowest BCUT2D eigenvalue weighted by Crippen LogP contribution is -2.00.